The van der Waals surface area contributed by atoms with Gasteiger partial charge in [0.1, 0.15) is 30.0 Å². The van der Waals surface area contributed by atoms with Crippen molar-refractivity contribution >= 4 is 21.3 Å². The van der Waals surface area contributed by atoms with E-state index in [9.17, 15) is 8.42 Å². The monoisotopic (exact) mass is 577 g/mol. The molecule has 0 amide bonds. The number of likely N-dealkylation sites (tertiary alicyclic amines) is 1. The molecule has 0 radical (unpaired) electrons. The summed E-state index contributed by atoms with van der Waals surface area (Å²) in [5, 5.41) is 0. The van der Waals surface area contributed by atoms with Crippen LogP contribution in [0.2, 0.25) is 0 Å². The van der Waals surface area contributed by atoms with Gasteiger partial charge in [-0.3, -0.25) is 9.08 Å². The smallest absolute Gasteiger partial charge is 0.265 e. The van der Waals surface area contributed by atoms with E-state index in [4.69, 9.17) is 18.4 Å². The van der Waals surface area contributed by atoms with Gasteiger partial charge in [0, 0.05) is 6.54 Å². The molecule has 3 aromatic rings. The molecular formula is C33H39NO6S. The summed E-state index contributed by atoms with van der Waals surface area (Å²) >= 11 is 0. The number of methoxy groups -OCH3 is 2. The van der Waals surface area contributed by atoms with Crippen molar-refractivity contribution in [2.24, 2.45) is 0 Å². The molecule has 0 spiro atoms. The van der Waals surface area contributed by atoms with Crippen LogP contribution in [-0.2, 0) is 20.7 Å². The number of piperidine rings is 1. The maximum absolute atomic E-state index is 12.7. The van der Waals surface area contributed by atoms with Crippen molar-refractivity contribution in [1.29, 1.82) is 0 Å². The van der Waals surface area contributed by atoms with Gasteiger partial charge in [-0.25, -0.2) is 0 Å². The number of nitrogens with zero attached hydrogens (tertiary/aromatic N) is 1. The molecule has 1 saturated heterocycles. The van der Waals surface area contributed by atoms with Crippen molar-refractivity contribution in [3.8, 4) is 17.2 Å². The van der Waals surface area contributed by atoms with Crippen LogP contribution in [0.25, 0.3) is 11.1 Å². The average molecular weight is 578 g/mol. The van der Waals surface area contributed by atoms with Crippen LogP contribution in [0, 0.1) is 0 Å². The minimum absolute atomic E-state index is 0.614. The molecule has 1 unspecified atom stereocenters. The number of allylic oxidation sites excluding steroid dienone is 1. The third kappa shape index (κ3) is 7.31. The van der Waals surface area contributed by atoms with Crippen LogP contribution in [0.3, 0.4) is 0 Å². The second-order valence-corrected chi connectivity index (χ2v) is 12.2. The van der Waals surface area contributed by atoms with E-state index >= 15 is 0 Å². The summed E-state index contributed by atoms with van der Waals surface area (Å²) in [6.45, 7) is 3.78. The van der Waals surface area contributed by atoms with Crippen molar-refractivity contribution in [2.45, 2.75) is 38.2 Å². The Bertz CT molecular complexity index is 1480. The second-order valence-electron chi connectivity index (χ2n) is 10.6. The lowest BCUT2D eigenvalue weighted by atomic mass is 9.79. The molecule has 0 bridgehead atoms. The van der Waals surface area contributed by atoms with Crippen molar-refractivity contribution in [1.82, 2.24) is 4.90 Å². The molecule has 5 rings (SSSR count). The van der Waals surface area contributed by atoms with Gasteiger partial charge in [-0.05, 0) is 109 Å². The molecule has 41 heavy (non-hydrogen) atoms. The minimum Gasteiger partial charge on any atom is -0.497 e. The predicted molar refractivity (Wildman–Crippen MR) is 162 cm³/mol. The molecule has 7 nitrogen and oxygen atoms in total. The lowest BCUT2D eigenvalue weighted by molar-refractivity contribution is 0.183. The van der Waals surface area contributed by atoms with Crippen LogP contribution >= 0.6 is 0 Å². The largest absolute Gasteiger partial charge is 0.497 e. The lowest BCUT2D eigenvalue weighted by Crippen LogP contribution is -2.33. The van der Waals surface area contributed by atoms with Gasteiger partial charge in [0.15, 0.2) is 0 Å². The van der Waals surface area contributed by atoms with Gasteiger partial charge in [0.25, 0.3) is 10.1 Å². The van der Waals surface area contributed by atoms with Crippen molar-refractivity contribution in [3.63, 3.8) is 0 Å². The molecule has 0 N–H and O–H groups in total. The van der Waals surface area contributed by atoms with E-state index in [1.807, 2.05) is 66.7 Å². The summed E-state index contributed by atoms with van der Waals surface area (Å²) in [7, 11) is -0.523. The normalized spacial score (nSPS) is 16.7. The first-order valence-electron chi connectivity index (χ1n) is 14.2. The third-order valence-corrected chi connectivity index (χ3v) is 8.37. The molecule has 2 aliphatic rings. The Morgan fingerprint density at radius 1 is 0.829 bits per heavy atom. The van der Waals surface area contributed by atoms with Gasteiger partial charge < -0.3 is 14.2 Å². The maximum Gasteiger partial charge on any atom is 0.265 e. The van der Waals surface area contributed by atoms with Crippen molar-refractivity contribution < 1.29 is 26.8 Å². The van der Waals surface area contributed by atoms with E-state index in [0.29, 0.717) is 13.0 Å². The number of ether oxygens (including phenoxy) is 3. The highest BCUT2D eigenvalue weighted by atomic mass is 32.2. The van der Waals surface area contributed by atoms with E-state index in [-0.39, 0.29) is 0 Å². The maximum atomic E-state index is 12.7. The quantitative estimate of drug-likeness (QED) is 0.253. The fraction of sp³-hybridized carbons (Fsp3) is 0.394. The Hall–Kier alpha value is -3.33. The number of fused-ring (bicyclic) bond motifs is 1. The zero-order chi connectivity index (χ0) is 28.8. The Kier molecular flexibility index (Phi) is 9.32. The Morgan fingerprint density at radius 3 is 2.24 bits per heavy atom. The standard InChI is InChI=1S/C33H39NO6S/c1-37-28-9-7-8-25(22-28)30-16-12-26-23-29(38-2)15-17-31(26)32(30)33(40-41(3,35)36)24-10-13-27(14-11-24)39-21-20-34-18-5-4-6-19-34/h7-11,13-15,17,22-23,33H,4-6,12,16,18-21H2,1-3H3. The SMILES string of the molecule is COc1cccc(C2=C(C(OS(C)(=O)=O)c3ccc(OCCN4CCCCC4)cc3)c3ccc(OC)cc3CC2)c1. The summed E-state index contributed by atoms with van der Waals surface area (Å²) in [4.78, 5) is 2.44. The van der Waals surface area contributed by atoms with E-state index < -0.39 is 16.2 Å². The van der Waals surface area contributed by atoms with Crippen molar-refractivity contribution in [2.75, 3.05) is 46.7 Å². The lowest BCUT2D eigenvalue weighted by Gasteiger charge is -2.30. The third-order valence-electron chi connectivity index (χ3n) is 7.83. The highest BCUT2D eigenvalue weighted by molar-refractivity contribution is 7.86. The molecule has 8 heteroatoms. The molecule has 1 aliphatic carbocycles. The molecule has 0 saturated carbocycles. The minimum atomic E-state index is -3.81. The first kappa shape index (κ1) is 29.2. The van der Waals surface area contributed by atoms with Crippen LogP contribution in [0.5, 0.6) is 17.2 Å². The fourth-order valence-corrected chi connectivity index (χ4v) is 6.35. The molecule has 1 heterocycles. The van der Waals surface area contributed by atoms with Crippen LogP contribution in [0.15, 0.2) is 66.7 Å². The van der Waals surface area contributed by atoms with E-state index in [2.05, 4.69) is 4.90 Å². The number of aryl methyl sites for hydroxylation is 1. The van der Waals surface area contributed by atoms with Gasteiger partial charge in [0.2, 0.25) is 0 Å². The Morgan fingerprint density at radius 2 is 1.54 bits per heavy atom. The van der Waals surface area contributed by atoms with Crippen LogP contribution in [0.4, 0.5) is 0 Å². The van der Waals surface area contributed by atoms with Crippen LogP contribution < -0.4 is 14.2 Å². The first-order valence-corrected chi connectivity index (χ1v) is 16.0. The van der Waals surface area contributed by atoms with Gasteiger partial charge >= 0.3 is 0 Å². The zero-order valence-electron chi connectivity index (χ0n) is 24.1. The van der Waals surface area contributed by atoms with E-state index in [0.717, 1.165) is 83.0 Å². The van der Waals surface area contributed by atoms with Crippen LogP contribution in [-0.4, -0.2) is 60.0 Å². The summed E-state index contributed by atoms with van der Waals surface area (Å²) in [5.41, 5.74) is 5.60. The molecule has 1 fully saturated rings. The van der Waals surface area contributed by atoms with Gasteiger partial charge in [-0.1, -0.05) is 36.8 Å². The number of hydrogen-bond donors (Lipinski definition) is 0. The average Bonchev–Trinajstić information content (AvgIpc) is 2.99. The van der Waals surface area contributed by atoms with Gasteiger partial charge in [-0.15, -0.1) is 0 Å². The summed E-state index contributed by atoms with van der Waals surface area (Å²) in [6, 6.07) is 21.4. The highest BCUT2D eigenvalue weighted by Crippen LogP contribution is 2.47. The first-order chi connectivity index (χ1) is 19.8. The summed E-state index contributed by atoms with van der Waals surface area (Å²) in [6.07, 6.45) is 5.56. The summed E-state index contributed by atoms with van der Waals surface area (Å²) in [5.74, 6) is 2.25. The van der Waals surface area contributed by atoms with Gasteiger partial charge in [-0.2, -0.15) is 8.42 Å². The highest BCUT2D eigenvalue weighted by Gasteiger charge is 2.31. The molecule has 0 aromatic heterocycles. The fourth-order valence-electron chi connectivity index (χ4n) is 5.79. The summed E-state index contributed by atoms with van der Waals surface area (Å²) < 4.78 is 48.3. The zero-order valence-corrected chi connectivity index (χ0v) is 24.9. The van der Waals surface area contributed by atoms with E-state index in [1.54, 1.807) is 14.2 Å². The predicted octanol–water partition coefficient (Wildman–Crippen LogP) is 6.14. The molecule has 1 atom stereocenters. The molecular weight excluding hydrogens is 538 g/mol. The van der Waals surface area contributed by atoms with Crippen molar-refractivity contribution in [3.05, 3.63) is 89.0 Å². The Labute approximate surface area is 243 Å². The number of hydrogen-bond acceptors (Lipinski definition) is 7. The van der Waals surface area contributed by atoms with Gasteiger partial charge in [0.05, 0.1) is 20.5 Å². The molecule has 3 aromatic carbocycles. The second kappa shape index (κ2) is 13.1. The molecule has 218 valence electrons. The molecule has 1 aliphatic heterocycles. The van der Waals surface area contributed by atoms with E-state index in [1.165, 1.54) is 19.3 Å². The number of rotatable bonds is 11. The topological polar surface area (TPSA) is 74.3 Å². The number of benzene rings is 3. The van der Waals surface area contributed by atoms with Crippen LogP contribution in [0.1, 0.15) is 54.0 Å². The Balaban J connectivity index is 1.52.